The maximum Gasteiger partial charge on any atom is 0.264 e. The Morgan fingerprint density at radius 2 is 0.846 bits per heavy atom. The van der Waals surface area contributed by atoms with Crippen LogP contribution in [-0.2, 0) is 14.3 Å². The SMILES string of the molecule is CC.CC.COS(C)(=O)=O.O=C1c2ccccc2C(=O)c2ccccc21. The monoisotopic (exact) mass is 378 g/mol. The number of carbonyl (C=O) groups is 2. The van der Waals surface area contributed by atoms with E-state index in [9.17, 15) is 18.0 Å². The van der Waals surface area contributed by atoms with Crippen LogP contribution in [-0.4, -0.2) is 33.3 Å². The average Bonchev–Trinajstić information content (AvgIpc) is 2.69. The predicted molar refractivity (Wildman–Crippen MR) is 104 cm³/mol. The number of carbonyl (C=O) groups excluding carboxylic acids is 2. The molecule has 0 aliphatic heterocycles. The molecule has 0 saturated heterocycles. The molecule has 142 valence electrons. The number of fused-ring (bicyclic) bond motifs is 2. The summed E-state index contributed by atoms with van der Waals surface area (Å²) < 4.78 is 23.5. The quantitative estimate of drug-likeness (QED) is 0.596. The Morgan fingerprint density at radius 1 is 0.654 bits per heavy atom. The van der Waals surface area contributed by atoms with Crippen molar-refractivity contribution in [1.82, 2.24) is 0 Å². The first-order chi connectivity index (χ1) is 12.3. The maximum atomic E-state index is 12.1. The average molecular weight is 378 g/mol. The molecule has 0 N–H and O–H groups in total. The van der Waals surface area contributed by atoms with Gasteiger partial charge in [0.05, 0.1) is 13.4 Å². The molecule has 1 aliphatic carbocycles. The lowest BCUT2D eigenvalue weighted by Gasteiger charge is -2.16. The summed E-state index contributed by atoms with van der Waals surface area (Å²) in [5.74, 6) is -0.128. The third-order valence-corrected chi connectivity index (χ3v) is 3.74. The molecule has 0 heterocycles. The second kappa shape index (κ2) is 11.3. The van der Waals surface area contributed by atoms with Crippen LogP contribution < -0.4 is 0 Å². The third-order valence-electron chi connectivity index (χ3n) is 3.14. The molecule has 5 nitrogen and oxygen atoms in total. The summed E-state index contributed by atoms with van der Waals surface area (Å²) in [6.07, 6.45) is 0.993. The van der Waals surface area contributed by atoms with Gasteiger partial charge in [0, 0.05) is 22.3 Å². The summed E-state index contributed by atoms with van der Waals surface area (Å²) in [5.41, 5.74) is 2.02. The van der Waals surface area contributed by atoms with Gasteiger partial charge in [-0.1, -0.05) is 76.2 Å². The van der Waals surface area contributed by atoms with E-state index in [1.165, 1.54) is 0 Å². The molecule has 6 heteroatoms. The molecule has 2 aromatic rings. The molecular weight excluding hydrogens is 352 g/mol. The van der Waals surface area contributed by atoms with E-state index in [1.54, 1.807) is 48.5 Å². The minimum Gasteiger partial charge on any atom is -0.289 e. The molecule has 0 amide bonds. The van der Waals surface area contributed by atoms with E-state index < -0.39 is 10.1 Å². The largest absolute Gasteiger partial charge is 0.289 e. The Kier molecular flexibility index (Phi) is 10.3. The van der Waals surface area contributed by atoms with Crippen LogP contribution in [0.4, 0.5) is 0 Å². The minimum absolute atomic E-state index is 0.0641. The van der Waals surface area contributed by atoms with E-state index in [1.807, 2.05) is 27.7 Å². The van der Waals surface area contributed by atoms with Gasteiger partial charge in [0.15, 0.2) is 11.6 Å². The molecule has 0 radical (unpaired) electrons. The molecule has 0 fully saturated rings. The van der Waals surface area contributed by atoms with Crippen LogP contribution in [0, 0.1) is 0 Å². The fourth-order valence-corrected chi connectivity index (χ4v) is 2.05. The highest BCUT2D eigenvalue weighted by Gasteiger charge is 2.28. The highest BCUT2D eigenvalue weighted by Crippen LogP contribution is 2.26. The summed E-state index contributed by atoms with van der Waals surface area (Å²) in [7, 11) is -2.04. The van der Waals surface area contributed by atoms with E-state index in [0.717, 1.165) is 13.4 Å². The zero-order valence-corrected chi connectivity index (χ0v) is 16.9. The molecule has 0 aromatic heterocycles. The minimum atomic E-state index is -3.16. The van der Waals surface area contributed by atoms with Gasteiger partial charge in [0.2, 0.25) is 0 Å². The van der Waals surface area contributed by atoms with Crippen LogP contribution in [0.25, 0.3) is 0 Å². The van der Waals surface area contributed by atoms with Crippen molar-refractivity contribution in [3.05, 3.63) is 70.8 Å². The fraction of sp³-hybridized carbons (Fsp3) is 0.300. The van der Waals surface area contributed by atoms with Gasteiger partial charge in [-0.3, -0.25) is 13.8 Å². The van der Waals surface area contributed by atoms with Crippen molar-refractivity contribution in [3.63, 3.8) is 0 Å². The Hall–Kier alpha value is -2.31. The molecule has 0 spiro atoms. The number of hydrogen-bond donors (Lipinski definition) is 0. The van der Waals surface area contributed by atoms with Gasteiger partial charge >= 0.3 is 0 Å². The van der Waals surface area contributed by atoms with E-state index in [0.29, 0.717) is 22.3 Å². The van der Waals surface area contributed by atoms with Gasteiger partial charge in [-0.25, -0.2) is 0 Å². The topological polar surface area (TPSA) is 77.5 Å². The standard InChI is InChI=1S/C14H8O2.C2H6O3S.2C2H6/c15-13-9-5-1-2-6-10(9)14(16)12-8-4-3-7-11(12)13;1-5-6(2,3)4;2*1-2/h1-8H;1-2H3;2*1-2H3. The second-order valence-electron chi connectivity index (χ2n) is 4.62. The van der Waals surface area contributed by atoms with Gasteiger partial charge in [0.1, 0.15) is 0 Å². The summed E-state index contributed by atoms with van der Waals surface area (Å²) in [5, 5.41) is 0. The molecule has 0 bridgehead atoms. The first-order valence-electron chi connectivity index (χ1n) is 8.38. The van der Waals surface area contributed by atoms with Gasteiger partial charge < -0.3 is 0 Å². The molecule has 1 aliphatic rings. The van der Waals surface area contributed by atoms with Gasteiger partial charge in [0.25, 0.3) is 10.1 Å². The van der Waals surface area contributed by atoms with Crippen molar-refractivity contribution in [1.29, 1.82) is 0 Å². The zero-order valence-electron chi connectivity index (χ0n) is 16.1. The normalized spacial score (nSPS) is 11.3. The van der Waals surface area contributed by atoms with Crippen molar-refractivity contribution in [2.45, 2.75) is 27.7 Å². The lowest BCUT2D eigenvalue weighted by atomic mass is 9.84. The molecule has 3 rings (SSSR count). The number of benzene rings is 2. The van der Waals surface area contributed by atoms with Crippen molar-refractivity contribution in [2.24, 2.45) is 0 Å². The van der Waals surface area contributed by atoms with Crippen molar-refractivity contribution in [2.75, 3.05) is 13.4 Å². The van der Waals surface area contributed by atoms with Crippen molar-refractivity contribution < 1.29 is 22.2 Å². The second-order valence-corrected chi connectivity index (χ2v) is 6.36. The van der Waals surface area contributed by atoms with Crippen LogP contribution in [0.1, 0.15) is 59.5 Å². The summed E-state index contributed by atoms with van der Waals surface area (Å²) >= 11 is 0. The fourth-order valence-electron chi connectivity index (χ4n) is 2.05. The smallest absolute Gasteiger partial charge is 0.264 e. The highest BCUT2D eigenvalue weighted by molar-refractivity contribution is 7.85. The Bertz CT molecular complexity index is 733. The van der Waals surface area contributed by atoms with Crippen LogP contribution in [0.2, 0.25) is 0 Å². The first-order valence-corrected chi connectivity index (χ1v) is 10.2. The molecule has 0 atom stereocenters. The summed E-state index contributed by atoms with van der Waals surface area (Å²) in [6, 6.07) is 13.9. The lowest BCUT2D eigenvalue weighted by Crippen LogP contribution is -2.20. The summed E-state index contributed by atoms with van der Waals surface area (Å²) in [6.45, 7) is 8.00. The number of hydrogen-bond acceptors (Lipinski definition) is 5. The van der Waals surface area contributed by atoms with Gasteiger partial charge in [-0.15, -0.1) is 0 Å². The molecular formula is C20H26O5S. The van der Waals surface area contributed by atoms with Gasteiger partial charge in [-0.05, 0) is 0 Å². The zero-order chi connectivity index (χ0) is 20.3. The third kappa shape index (κ3) is 6.20. The van der Waals surface area contributed by atoms with Crippen LogP contribution in [0.3, 0.4) is 0 Å². The molecule has 0 unspecified atom stereocenters. The van der Waals surface area contributed by atoms with Crippen LogP contribution >= 0.6 is 0 Å². The highest BCUT2D eigenvalue weighted by atomic mass is 32.2. The molecule has 26 heavy (non-hydrogen) atoms. The van der Waals surface area contributed by atoms with E-state index >= 15 is 0 Å². The molecule has 2 aromatic carbocycles. The molecule has 0 saturated carbocycles. The van der Waals surface area contributed by atoms with E-state index in [2.05, 4.69) is 4.18 Å². The van der Waals surface area contributed by atoms with Gasteiger partial charge in [-0.2, -0.15) is 8.42 Å². The lowest BCUT2D eigenvalue weighted by molar-refractivity contribution is 0.0979. The Morgan fingerprint density at radius 3 is 1.00 bits per heavy atom. The Labute approximate surface area is 156 Å². The van der Waals surface area contributed by atoms with E-state index in [-0.39, 0.29) is 11.6 Å². The first kappa shape index (κ1) is 23.7. The number of ketones is 2. The Balaban J connectivity index is 0.000000533. The maximum absolute atomic E-state index is 12.1. The predicted octanol–water partition coefficient (Wildman–Crippen LogP) is 4.11. The number of rotatable bonds is 1. The van der Waals surface area contributed by atoms with Crippen LogP contribution in [0.15, 0.2) is 48.5 Å². The van der Waals surface area contributed by atoms with E-state index in [4.69, 9.17) is 0 Å². The van der Waals surface area contributed by atoms with Crippen molar-refractivity contribution >= 4 is 21.7 Å². The van der Waals surface area contributed by atoms with Crippen LogP contribution in [0.5, 0.6) is 0 Å². The van der Waals surface area contributed by atoms with Crippen molar-refractivity contribution in [3.8, 4) is 0 Å². The summed E-state index contributed by atoms with van der Waals surface area (Å²) in [4.78, 5) is 24.2.